The summed E-state index contributed by atoms with van der Waals surface area (Å²) in [5.74, 6) is 0.780. The molecule has 62 valence electrons. The van der Waals surface area contributed by atoms with Crippen LogP contribution in [0.25, 0.3) is 0 Å². The van der Waals surface area contributed by atoms with Crippen molar-refractivity contribution in [2.45, 2.75) is 25.9 Å². The molecule has 0 fully saturated rings. The van der Waals surface area contributed by atoms with Gasteiger partial charge in [0.2, 0.25) is 0 Å². The summed E-state index contributed by atoms with van der Waals surface area (Å²) < 4.78 is 18.3. The molecule has 1 nitrogen and oxygen atoms in total. The van der Waals surface area contributed by atoms with E-state index >= 15 is 0 Å². The van der Waals surface area contributed by atoms with Gasteiger partial charge in [0.15, 0.2) is 0 Å². The molecule has 0 bridgehead atoms. The van der Waals surface area contributed by atoms with Crippen LogP contribution < -0.4 is 0 Å². The van der Waals surface area contributed by atoms with Crippen LogP contribution in [0.3, 0.4) is 0 Å². The smallest absolute Gasteiger partial charge is 0.130 e. The number of alkyl halides is 1. The van der Waals surface area contributed by atoms with Crippen LogP contribution in [0.5, 0.6) is 0 Å². The Balaban J connectivity index is 2.53. The number of allylic oxidation sites excluding steroid dienone is 3. The normalized spacial score (nSPS) is 29.9. The zero-order chi connectivity index (χ0) is 8.32. The van der Waals surface area contributed by atoms with Gasteiger partial charge < -0.3 is 4.74 Å². The van der Waals surface area contributed by atoms with Crippen molar-refractivity contribution in [1.29, 1.82) is 0 Å². The summed E-state index contributed by atoms with van der Waals surface area (Å²) in [6.45, 7) is 4.11. The van der Waals surface area contributed by atoms with E-state index in [0.717, 1.165) is 5.76 Å². The SMILES string of the molecule is CCOC1=CC[C@@](C)(F)C=C1. The molecule has 0 aliphatic heterocycles. The Morgan fingerprint density at radius 2 is 2.45 bits per heavy atom. The Hall–Kier alpha value is -0.790. The average Bonchev–Trinajstić information content (AvgIpc) is 1.94. The molecule has 0 saturated carbocycles. The van der Waals surface area contributed by atoms with Gasteiger partial charge in [-0.2, -0.15) is 0 Å². The van der Waals surface area contributed by atoms with Crippen LogP contribution in [0.1, 0.15) is 20.3 Å². The lowest BCUT2D eigenvalue weighted by Crippen LogP contribution is -2.15. The molecule has 1 rings (SSSR count). The molecule has 1 aliphatic carbocycles. The highest BCUT2D eigenvalue weighted by Crippen LogP contribution is 2.24. The first kappa shape index (κ1) is 8.31. The highest BCUT2D eigenvalue weighted by Gasteiger charge is 2.20. The molecule has 1 atom stereocenters. The van der Waals surface area contributed by atoms with Crippen LogP contribution in [-0.4, -0.2) is 12.3 Å². The molecular weight excluding hydrogens is 143 g/mol. The molecule has 0 aromatic carbocycles. The lowest BCUT2D eigenvalue weighted by molar-refractivity contribution is 0.218. The average molecular weight is 156 g/mol. The minimum absolute atomic E-state index is 0.416. The predicted molar refractivity (Wildman–Crippen MR) is 43.0 cm³/mol. The summed E-state index contributed by atoms with van der Waals surface area (Å²) in [6, 6.07) is 0. The van der Waals surface area contributed by atoms with Gasteiger partial charge in [-0.25, -0.2) is 4.39 Å². The van der Waals surface area contributed by atoms with Crippen molar-refractivity contribution < 1.29 is 9.13 Å². The fourth-order valence-electron chi connectivity index (χ4n) is 0.966. The predicted octanol–water partition coefficient (Wildman–Crippen LogP) is 2.59. The van der Waals surface area contributed by atoms with Crippen molar-refractivity contribution in [2.75, 3.05) is 6.61 Å². The van der Waals surface area contributed by atoms with Gasteiger partial charge in [0, 0.05) is 6.42 Å². The van der Waals surface area contributed by atoms with E-state index in [4.69, 9.17) is 4.74 Å². The van der Waals surface area contributed by atoms with Crippen molar-refractivity contribution in [3.8, 4) is 0 Å². The molecule has 0 unspecified atom stereocenters. The molecule has 2 heteroatoms. The molecule has 0 aromatic rings. The van der Waals surface area contributed by atoms with Gasteiger partial charge in [0.05, 0.1) is 6.61 Å². The lowest BCUT2D eigenvalue weighted by Gasteiger charge is -2.18. The maximum Gasteiger partial charge on any atom is 0.130 e. The van der Waals surface area contributed by atoms with E-state index in [2.05, 4.69) is 0 Å². The lowest BCUT2D eigenvalue weighted by atomic mass is 9.99. The van der Waals surface area contributed by atoms with Crippen molar-refractivity contribution >= 4 is 0 Å². The van der Waals surface area contributed by atoms with Gasteiger partial charge in [0.25, 0.3) is 0 Å². The van der Waals surface area contributed by atoms with Gasteiger partial charge in [0.1, 0.15) is 11.4 Å². The Kier molecular flexibility index (Phi) is 2.32. The molecule has 1 aliphatic rings. The number of ether oxygens (including phenoxy) is 1. The van der Waals surface area contributed by atoms with E-state index in [9.17, 15) is 4.39 Å². The minimum Gasteiger partial charge on any atom is -0.494 e. The second-order valence-electron chi connectivity index (χ2n) is 2.86. The van der Waals surface area contributed by atoms with Gasteiger partial charge in [-0.15, -0.1) is 0 Å². The third-order valence-corrected chi connectivity index (χ3v) is 1.61. The van der Waals surface area contributed by atoms with E-state index in [1.165, 1.54) is 6.08 Å². The number of halogens is 1. The van der Waals surface area contributed by atoms with Crippen LogP contribution >= 0.6 is 0 Å². The third kappa shape index (κ3) is 2.37. The Labute approximate surface area is 66.6 Å². The zero-order valence-electron chi connectivity index (χ0n) is 6.93. The quantitative estimate of drug-likeness (QED) is 0.597. The van der Waals surface area contributed by atoms with E-state index in [1.807, 2.05) is 6.92 Å². The summed E-state index contributed by atoms with van der Waals surface area (Å²) in [7, 11) is 0. The summed E-state index contributed by atoms with van der Waals surface area (Å²) in [6.07, 6.45) is 5.42. The maximum absolute atomic E-state index is 13.1. The van der Waals surface area contributed by atoms with E-state index in [1.54, 1.807) is 19.1 Å². The summed E-state index contributed by atoms with van der Waals surface area (Å²) >= 11 is 0. The molecule has 0 radical (unpaired) electrons. The Morgan fingerprint density at radius 1 is 1.73 bits per heavy atom. The van der Waals surface area contributed by atoms with Gasteiger partial charge >= 0.3 is 0 Å². The standard InChI is InChI=1S/C9H13FO/c1-3-11-8-4-6-9(2,10)7-5-8/h4-6H,3,7H2,1-2H3/t9-/m0/s1. The molecule has 0 heterocycles. The second kappa shape index (κ2) is 3.07. The highest BCUT2D eigenvalue weighted by molar-refractivity contribution is 5.22. The van der Waals surface area contributed by atoms with E-state index in [0.29, 0.717) is 13.0 Å². The largest absolute Gasteiger partial charge is 0.494 e. The summed E-state index contributed by atoms with van der Waals surface area (Å²) in [4.78, 5) is 0. The van der Waals surface area contributed by atoms with Crippen LogP contribution in [0.15, 0.2) is 24.0 Å². The molecule has 0 spiro atoms. The molecule has 0 saturated heterocycles. The fraction of sp³-hybridized carbons (Fsp3) is 0.556. The second-order valence-corrected chi connectivity index (χ2v) is 2.86. The van der Waals surface area contributed by atoms with E-state index < -0.39 is 5.67 Å². The van der Waals surface area contributed by atoms with Crippen LogP contribution in [0.4, 0.5) is 4.39 Å². The van der Waals surface area contributed by atoms with Crippen molar-refractivity contribution in [2.24, 2.45) is 0 Å². The monoisotopic (exact) mass is 156 g/mol. The zero-order valence-corrected chi connectivity index (χ0v) is 6.93. The molecule has 11 heavy (non-hydrogen) atoms. The molecule has 0 N–H and O–H groups in total. The number of rotatable bonds is 2. The molecule has 0 amide bonds. The first-order valence-electron chi connectivity index (χ1n) is 3.85. The fourth-order valence-corrected chi connectivity index (χ4v) is 0.966. The van der Waals surface area contributed by atoms with Crippen LogP contribution in [-0.2, 0) is 4.74 Å². The molecular formula is C9H13FO. The van der Waals surface area contributed by atoms with Crippen molar-refractivity contribution in [3.05, 3.63) is 24.0 Å². The first-order valence-corrected chi connectivity index (χ1v) is 3.85. The molecule has 0 aromatic heterocycles. The Morgan fingerprint density at radius 3 is 2.91 bits per heavy atom. The third-order valence-electron chi connectivity index (χ3n) is 1.61. The minimum atomic E-state index is -1.18. The van der Waals surface area contributed by atoms with Crippen LogP contribution in [0.2, 0.25) is 0 Å². The first-order chi connectivity index (χ1) is 5.14. The van der Waals surface area contributed by atoms with Crippen LogP contribution in [0, 0.1) is 0 Å². The number of hydrogen-bond acceptors (Lipinski definition) is 1. The van der Waals surface area contributed by atoms with Gasteiger partial charge in [-0.1, -0.05) is 0 Å². The highest BCUT2D eigenvalue weighted by atomic mass is 19.1. The summed E-state index contributed by atoms with van der Waals surface area (Å²) in [5.41, 5.74) is -1.18. The van der Waals surface area contributed by atoms with Gasteiger partial charge in [-0.3, -0.25) is 0 Å². The van der Waals surface area contributed by atoms with Crippen molar-refractivity contribution in [1.82, 2.24) is 0 Å². The topological polar surface area (TPSA) is 9.23 Å². The maximum atomic E-state index is 13.1. The Bertz CT molecular complexity index is 192. The van der Waals surface area contributed by atoms with Crippen molar-refractivity contribution in [3.63, 3.8) is 0 Å². The van der Waals surface area contributed by atoms with E-state index in [-0.39, 0.29) is 0 Å². The van der Waals surface area contributed by atoms with Gasteiger partial charge in [-0.05, 0) is 32.1 Å². The number of hydrogen-bond donors (Lipinski definition) is 0. The summed E-state index contributed by atoms with van der Waals surface area (Å²) in [5, 5.41) is 0.